The van der Waals surface area contributed by atoms with E-state index >= 15 is 0 Å². The number of carbonyl (C=O) groups is 1. The van der Waals surface area contributed by atoms with Crippen molar-refractivity contribution < 1.29 is 9.21 Å². The molecule has 1 aliphatic rings. The first-order valence-corrected chi connectivity index (χ1v) is 8.31. The van der Waals surface area contributed by atoms with Gasteiger partial charge in [-0.05, 0) is 31.2 Å². The fourth-order valence-corrected chi connectivity index (χ4v) is 3.70. The van der Waals surface area contributed by atoms with Gasteiger partial charge in [0.15, 0.2) is 5.78 Å². The molecule has 0 saturated heterocycles. The summed E-state index contributed by atoms with van der Waals surface area (Å²) in [5.41, 5.74) is 4.20. The van der Waals surface area contributed by atoms with Crippen LogP contribution >= 0.6 is 0 Å². The van der Waals surface area contributed by atoms with Crippen molar-refractivity contribution >= 4 is 16.8 Å². The molecule has 6 nitrogen and oxygen atoms in total. The van der Waals surface area contributed by atoms with Crippen molar-refractivity contribution in [1.29, 1.82) is 0 Å². The number of furan rings is 1. The second-order valence-electron chi connectivity index (χ2n) is 6.44. The highest BCUT2D eigenvalue weighted by Gasteiger charge is 2.33. The second kappa shape index (κ2) is 5.17. The van der Waals surface area contributed by atoms with Gasteiger partial charge in [-0.1, -0.05) is 12.1 Å². The molecule has 0 radical (unpaired) electrons. The molecule has 0 saturated carbocycles. The molecule has 0 spiro atoms. The first-order valence-electron chi connectivity index (χ1n) is 8.31. The first-order chi connectivity index (χ1) is 12.2. The number of benzene rings is 1. The number of aromatic amines is 1. The van der Waals surface area contributed by atoms with E-state index in [1.807, 2.05) is 43.3 Å². The number of para-hydroxylation sites is 2. The molecule has 0 unspecified atom stereocenters. The predicted octanol–water partition coefficient (Wildman–Crippen LogP) is 3.56. The minimum Gasteiger partial charge on any atom is -0.469 e. The summed E-state index contributed by atoms with van der Waals surface area (Å²) >= 11 is 0. The van der Waals surface area contributed by atoms with Gasteiger partial charge in [0, 0.05) is 18.8 Å². The Bertz CT molecular complexity index is 1060. The van der Waals surface area contributed by atoms with Crippen LogP contribution < -0.4 is 0 Å². The van der Waals surface area contributed by atoms with E-state index in [0.29, 0.717) is 18.8 Å². The van der Waals surface area contributed by atoms with Gasteiger partial charge in [-0.3, -0.25) is 4.79 Å². The van der Waals surface area contributed by atoms with Crippen molar-refractivity contribution in [3.05, 3.63) is 65.4 Å². The highest BCUT2D eigenvalue weighted by Crippen LogP contribution is 2.35. The molecule has 25 heavy (non-hydrogen) atoms. The lowest BCUT2D eigenvalue weighted by Crippen LogP contribution is -2.20. The van der Waals surface area contributed by atoms with Crippen molar-refractivity contribution in [3.63, 3.8) is 0 Å². The normalized spacial score (nSPS) is 17.2. The van der Waals surface area contributed by atoms with Gasteiger partial charge < -0.3 is 9.40 Å². The largest absolute Gasteiger partial charge is 0.469 e. The molecule has 3 aromatic heterocycles. The van der Waals surface area contributed by atoms with E-state index in [1.54, 1.807) is 10.9 Å². The smallest absolute Gasteiger partial charge is 0.229 e. The molecule has 4 aromatic rings. The number of fused-ring (bicyclic) bond motifs is 2. The van der Waals surface area contributed by atoms with Crippen LogP contribution in [-0.4, -0.2) is 25.5 Å². The average molecular weight is 332 g/mol. The average Bonchev–Trinajstić information content (AvgIpc) is 3.32. The third-order valence-electron chi connectivity index (χ3n) is 4.83. The van der Waals surface area contributed by atoms with Crippen molar-refractivity contribution in [2.75, 3.05) is 0 Å². The lowest BCUT2D eigenvalue weighted by Gasteiger charge is -2.20. The van der Waals surface area contributed by atoms with Crippen LogP contribution in [0.4, 0.5) is 0 Å². The number of carbonyl (C=O) groups excluding carboxylic acids is 1. The van der Waals surface area contributed by atoms with Crippen LogP contribution in [0.25, 0.3) is 17.0 Å². The summed E-state index contributed by atoms with van der Waals surface area (Å²) in [6, 6.07) is 11.6. The van der Waals surface area contributed by atoms with E-state index < -0.39 is 0 Å². The summed E-state index contributed by atoms with van der Waals surface area (Å²) in [6.45, 7) is 1.88. The van der Waals surface area contributed by atoms with Gasteiger partial charge in [-0.15, -0.1) is 0 Å². The Morgan fingerprint density at radius 3 is 2.88 bits per heavy atom. The zero-order valence-electron chi connectivity index (χ0n) is 13.7. The van der Waals surface area contributed by atoms with E-state index in [2.05, 4.69) is 15.1 Å². The number of H-pyrrole nitrogens is 1. The zero-order valence-corrected chi connectivity index (χ0v) is 13.7. The molecule has 1 N–H and O–H groups in total. The monoisotopic (exact) mass is 332 g/mol. The first kappa shape index (κ1) is 14.2. The molecule has 1 atom stereocenters. The number of ketones is 1. The molecule has 0 bridgehead atoms. The van der Waals surface area contributed by atoms with Crippen LogP contribution in [0.15, 0.2) is 47.1 Å². The molecule has 5 rings (SSSR count). The highest BCUT2D eigenvalue weighted by molar-refractivity contribution is 6.00. The molecular formula is C19H16N4O2. The van der Waals surface area contributed by atoms with Crippen LogP contribution in [0.5, 0.6) is 0 Å². The Morgan fingerprint density at radius 1 is 1.20 bits per heavy atom. The van der Waals surface area contributed by atoms with Gasteiger partial charge in [0.2, 0.25) is 5.95 Å². The third-order valence-corrected chi connectivity index (χ3v) is 4.83. The van der Waals surface area contributed by atoms with E-state index in [0.717, 1.165) is 33.7 Å². The maximum atomic E-state index is 12.7. The number of aryl methyl sites for hydroxylation is 1. The number of nitrogens with zero attached hydrogens (tertiary/aromatic N) is 3. The number of hydrogen-bond donors (Lipinski definition) is 1. The van der Waals surface area contributed by atoms with E-state index in [1.165, 1.54) is 0 Å². The van der Waals surface area contributed by atoms with Crippen molar-refractivity contribution in [3.8, 4) is 5.95 Å². The van der Waals surface area contributed by atoms with Crippen LogP contribution in [0.3, 0.4) is 0 Å². The van der Waals surface area contributed by atoms with Gasteiger partial charge >= 0.3 is 0 Å². The molecule has 124 valence electrons. The maximum Gasteiger partial charge on any atom is 0.229 e. The summed E-state index contributed by atoms with van der Waals surface area (Å²) in [6.07, 6.45) is 2.80. The van der Waals surface area contributed by atoms with Crippen molar-refractivity contribution in [1.82, 2.24) is 19.7 Å². The summed E-state index contributed by atoms with van der Waals surface area (Å²) in [4.78, 5) is 20.6. The number of Topliss-reactive ketones (excluding diaryl/α,β-unsaturated/α-hetero) is 1. The Morgan fingerprint density at radius 2 is 2.08 bits per heavy atom. The highest BCUT2D eigenvalue weighted by atomic mass is 16.3. The quantitative estimate of drug-likeness (QED) is 0.609. The van der Waals surface area contributed by atoms with Gasteiger partial charge in [0.25, 0.3) is 0 Å². The van der Waals surface area contributed by atoms with Gasteiger partial charge in [-0.25, -0.2) is 9.67 Å². The molecule has 0 amide bonds. The summed E-state index contributed by atoms with van der Waals surface area (Å²) in [5, 5.41) is 4.60. The second-order valence-corrected chi connectivity index (χ2v) is 6.44. The Hall–Kier alpha value is -3.15. The molecule has 0 fully saturated rings. The number of nitrogens with one attached hydrogen (secondary N) is 1. The SMILES string of the molecule is Cc1nn(-c2nc3ccccc3[nH]2)c2c1C(=O)C[C@H](c1ccco1)C2. The van der Waals surface area contributed by atoms with Crippen LogP contribution in [0, 0.1) is 6.92 Å². The Kier molecular flexibility index (Phi) is 2.94. The van der Waals surface area contributed by atoms with Crippen molar-refractivity contribution in [2.24, 2.45) is 0 Å². The number of aromatic nitrogens is 4. The van der Waals surface area contributed by atoms with Gasteiger partial charge in [-0.2, -0.15) is 5.10 Å². The predicted molar refractivity (Wildman–Crippen MR) is 92.1 cm³/mol. The van der Waals surface area contributed by atoms with Crippen LogP contribution in [-0.2, 0) is 6.42 Å². The van der Waals surface area contributed by atoms with E-state index in [9.17, 15) is 4.79 Å². The standard InChI is InChI=1S/C19H16N4O2/c1-11-18-15(9-12(10-16(18)24)17-7-4-8-25-17)23(22-11)19-20-13-5-2-3-6-14(13)21-19/h2-8,12H,9-10H2,1H3,(H,20,21)/t12-/m1/s1. The number of imidazole rings is 1. The topological polar surface area (TPSA) is 76.7 Å². The third kappa shape index (κ3) is 2.14. The molecule has 1 aliphatic carbocycles. The fourth-order valence-electron chi connectivity index (χ4n) is 3.70. The Balaban J connectivity index is 1.65. The molecule has 1 aromatic carbocycles. The lowest BCUT2D eigenvalue weighted by atomic mass is 9.84. The minimum absolute atomic E-state index is 0.0363. The number of rotatable bonds is 2. The van der Waals surface area contributed by atoms with Gasteiger partial charge in [0.1, 0.15) is 5.76 Å². The summed E-state index contributed by atoms with van der Waals surface area (Å²) in [7, 11) is 0. The fraction of sp³-hybridized carbons (Fsp3) is 0.211. The van der Waals surface area contributed by atoms with E-state index in [4.69, 9.17) is 4.42 Å². The molecule has 3 heterocycles. The lowest BCUT2D eigenvalue weighted by molar-refractivity contribution is 0.0959. The van der Waals surface area contributed by atoms with Crippen LogP contribution in [0.2, 0.25) is 0 Å². The minimum atomic E-state index is 0.0363. The Labute approximate surface area is 143 Å². The molecule has 6 heteroatoms. The van der Waals surface area contributed by atoms with Crippen LogP contribution in [0.1, 0.15) is 39.8 Å². The summed E-state index contributed by atoms with van der Waals surface area (Å²) in [5.74, 6) is 1.63. The van der Waals surface area contributed by atoms with E-state index in [-0.39, 0.29) is 11.7 Å². The number of hydrogen-bond acceptors (Lipinski definition) is 4. The zero-order chi connectivity index (χ0) is 17.0. The summed E-state index contributed by atoms with van der Waals surface area (Å²) < 4.78 is 7.31. The molecule has 0 aliphatic heterocycles. The van der Waals surface area contributed by atoms with Crippen molar-refractivity contribution in [2.45, 2.75) is 25.7 Å². The molecular weight excluding hydrogens is 316 g/mol. The van der Waals surface area contributed by atoms with Gasteiger partial charge in [0.05, 0.1) is 34.2 Å². The maximum absolute atomic E-state index is 12.7.